The Morgan fingerprint density at radius 2 is 2.25 bits per heavy atom. The zero-order valence-electron chi connectivity index (χ0n) is 8.81. The predicted octanol–water partition coefficient (Wildman–Crippen LogP) is 0.964. The zero-order chi connectivity index (χ0) is 11.6. The lowest BCUT2D eigenvalue weighted by molar-refractivity contribution is 0.0690. The van der Waals surface area contributed by atoms with E-state index in [1.165, 1.54) is 12.3 Å². The van der Waals surface area contributed by atoms with Crippen molar-refractivity contribution in [3.63, 3.8) is 0 Å². The van der Waals surface area contributed by atoms with E-state index in [-0.39, 0.29) is 17.7 Å². The normalized spacial score (nSPS) is 16.8. The molecule has 0 aromatic carbocycles. The first-order valence-corrected chi connectivity index (χ1v) is 5.19. The highest BCUT2D eigenvalue weighted by Gasteiger charge is 2.41. The molecule has 5 nitrogen and oxygen atoms in total. The zero-order valence-corrected chi connectivity index (χ0v) is 8.81. The van der Waals surface area contributed by atoms with E-state index >= 15 is 0 Å². The van der Waals surface area contributed by atoms with Gasteiger partial charge in [0.25, 0.3) is 0 Å². The maximum absolute atomic E-state index is 10.6. The number of hydrogen-bond donors (Lipinski definition) is 3. The largest absolute Gasteiger partial charge is 0.477 e. The van der Waals surface area contributed by atoms with Crippen LogP contribution >= 0.6 is 0 Å². The predicted molar refractivity (Wildman–Crippen MR) is 58.4 cm³/mol. The molecule has 16 heavy (non-hydrogen) atoms. The van der Waals surface area contributed by atoms with Crippen LogP contribution in [0.2, 0.25) is 0 Å². The van der Waals surface area contributed by atoms with Crippen LogP contribution in [0.1, 0.15) is 23.3 Å². The topological polar surface area (TPSA) is 82.5 Å². The highest BCUT2D eigenvalue weighted by molar-refractivity contribution is 5.85. The average molecular weight is 222 g/mol. The van der Waals surface area contributed by atoms with E-state index in [1.54, 1.807) is 6.07 Å². The number of pyridine rings is 1. The number of aromatic carboxylic acids is 1. The first-order valence-electron chi connectivity index (χ1n) is 5.19. The van der Waals surface area contributed by atoms with Gasteiger partial charge in [-0.3, -0.25) is 0 Å². The number of carboxylic acids is 1. The third-order valence-corrected chi connectivity index (χ3v) is 2.94. The molecule has 0 atom stereocenters. The SMILES string of the molecule is O=C(O)c1ccc(NCC2(CO)CC2)cn1. The number of aromatic nitrogens is 1. The molecule has 1 saturated carbocycles. The summed E-state index contributed by atoms with van der Waals surface area (Å²) in [6.45, 7) is 0.901. The molecule has 3 N–H and O–H groups in total. The van der Waals surface area contributed by atoms with Crippen molar-refractivity contribution in [1.29, 1.82) is 0 Å². The molecule has 1 aromatic rings. The third kappa shape index (κ3) is 2.30. The Kier molecular flexibility index (Phi) is 2.78. The minimum atomic E-state index is -1.03. The van der Waals surface area contributed by atoms with Gasteiger partial charge in [0.1, 0.15) is 5.69 Å². The lowest BCUT2D eigenvalue weighted by atomic mass is 10.1. The minimum Gasteiger partial charge on any atom is -0.477 e. The minimum absolute atomic E-state index is 0.0332. The van der Waals surface area contributed by atoms with Crippen molar-refractivity contribution >= 4 is 11.7 Å². The molecule has 0 spiro atoms. The second kappa shape index (κ2) is 4.09. The van der Waals surface area contributed by atoms with E-state index in [0.29, 0.717) is 6.54 Å². The number of anilines is 1. The Morgan fingerprint density at radius 3 is 2.69 bits per heavy atom. The number of aliphatic hydroxyl groups excluding tert-OH is 1. The van der Waals surface area contributed by atoms with E-state index in [1.807, 2.05) is 0 Å². The monoisotopic (exact) mass is 222 g/mol. The molecular weight excluding hydrogens is 208 g/mol. The molecule has 1 aliphatic carbocycles. The van der Waals surface area contributed by atoms with Crippen LogP contribution in [0.15, 0.2) is 18.3 Å². The third-order valence-electron chi connectivity index (χ3n) is 2.94. The lowest BCUT2D eigenvalue weighted by Crippen LogP contribution is -2.19. The number of rotatable bonds is 5. The van der Waals surface area contributed by atoms with Crippen LogP contribution in [0, 0.1) is 5.41 Å². The molecule has 1 heterocycles. The van der Waals surface area contributed by atoms with Crippen LogP contribution in [-0.4, -0.2) is 34.3 Å². The van der Waals surface area contributed by atoms with Gasteiger partial charge in [0.05, 0.1) is 18.5 Å². The molecule has 1 aromatic heterocycles. The van der Waals surface area contributed by atoms with Crippen LogP contribution in [0.5, 0.6) is 0 Å². The van der Waals surface area contributed by atoms with Gasteiger partial charge in [-0.05, 0) is 25.0 Å². The van der Waals surface area contributed by atoms with Crippen molar-refractivity contribution in [3.05, 3.63) is 24.0 Å². The second-order valence-electron chi connectivity index (χ2n) is 4.25. The summed E-state index contributed by atoms with van der Waals surface area (Å²) in [5, 5.41) is 20.9. The molecule has 5 heteroatoms. The van der Waals surface area contributed by atoms with Crippen molar-refractivity contribution in [2.75, 3.05) is 18.5 Å². The second-order valence-corrected chi connectivity index (χ2v) is 4.25. The van der Waals surface area contributed by atoms with Crippen LogP contribution in [0.4, 0.5) is 5.69 Å². The highest BCUT2D eigenvalue weighted by atomic mass is 16.4. The average Bonchev–Trinajstić information content (AvgIpc) is 3.08. The Bertz CT molecular complexity index is 385. The molecule has 2 rings (SSSR count). The van der Waals surface area contributed by atoms with E-state index in [9.17, 15) is 4.79 Å². The van der Waals surface area contributed by atoms with E-state index in [2.05, 4.69) is 10.3 Å². The van der Waals surface area contributed by atoms with Gasteiger partial charge < -0.3 is 15.5 Å². The molecule has 0 saturated heterocycles. The maximum Gasteiger partial charge on any atom is 0.354 e. The van der Waals surface area contributed by atoms with E-state index in [4.69, 9.17) is 10.2 Å². The highest BCUT2D eigenvalue weighted by Crippen LogP contribution is 2.44. The summed E-state index contributed by atoms with van der Waals surface area (Å²) < 4.78 is 0. The molecule has 0 radical (unpaired) electrons. The van der Waals surface area contributed by atoms with Gasteiger partial charge in [-0.15, -0.1) is 0 Å². The summed E-state index contributed by atoms with van der Waals surface area (Å²) in [7, 11) is 0. The molecule has 0 bridgehead atoms. The van der Waals surface area contributed by atoms with E-state index in [0.717, 1.165) is 18.5 Å². The molecule has 0 amide bonds. The molecule has 1 aliphatic rings. The van der Waals surface area contributed by atoms with Gasteiger partial charge >= 0.3 is 5.97 Å². The van der Waals surface area contributed by atoms with Crippen molar-refractivity contribution < 1.29 is 15.0 Å². The van der Waals surface area contributed by atoms with Crippen molar-refractivity contribution in [1.82, 2.24) is 4.98 Å². The number of carbonyl (C=O) groups is 1. The van der Waals surface area contributed by atoms with E-state index < -0.39 is 5.97 Å². The first kappa shape index (κ1) is 10.9. The molecular formula is C11H14N2O3. The fraction of sp³-hybridized carbons (Fsp3) is 0.455. The van der Waals surface area contributed by atoms with Gasteiger partial charge in [-0.1, -0.05) is 0 Å². The van der Waals surface area contributed by atoms with Crippen molar-refractivity contribution in [2.45, 2.75) is 12.8 Å². The first-order chi connectivity index (χ1) is 7.65. The van der Waals surface area contributed by atoms with Crippen LogP contribution in [0.3, 0.4) is 0 Å². The summed E-state index contributed by atoms with van der Waals surface area (Å²) >= 11 is 0. The van der Waals surface area contributed by atoms with Crippen molar-refractivity contribution in [3.8, 4) is 0 Å². The fourth-order valence-corrected chi connectivity index (χ4v) is 1.48. The number of aliphatic hydroxyl groups is 1. The van der Waals surface area contributed by atoms with Crippen LogP contribution < -0.4 is 5.32 Å². The quantitative estimate of drug-likeness (QED) is 0.691. The molecule has 0 unspecified atom stereocenters. The molecule has 0 aliphatic heterocycles. The number of hydrogen-bond acceptors (Lipinski definition) is 4. The van der Waals surface area contributed by atoms with Gasteiger partial charge in [-0.2, -0.15) is 0 Å². The fourth-order valence-electron chi connectivity index (χ4n) is 1.48. The van der Waals surface area contributed by atoms with Crippen LogP contribution in [0.25, 0.3) is 0 Å². The summed E-state index contributed by atoms with van der Waals surface area (Å²) in [6.07, 6.45) is 3.57. The smallest absolute Gasteiger partial charge is 0.354 e. The lowest BCUT2D eigenvalue weighted by Gasteiger charge is -2.13. The standard InChI is InChI=1S/C11H14N2O3/c14-7-11(3-4-11)6-13-8-1-2-9(10(15)16)12-5-8/h1-2,5,13-14H,3-4,6-7H2,(H,15,16). The van der Waals surface area contributed by atoms with Gasteiger partial charge in [0.2, 0.25) is 0 Å². The Morgan fingerprint density at radius 1 is 1.50 bits per heavy atom. The number of nitrogens with zero attached hydrogens (tertiary/aromatic N) is 1. The molecule has 86 valence electrons. The Balaban J connectivity index is 1.93. The molecule has 1 fully saturated rings. The summed E-state index contributed by atoms with van der Waals surface area (Å²) in [5.74, 6) is -1.03. The maximum atomic E-state index is 10.6. The number of carboxylic acid groups (broad SMARTS) is 1. The van der Waals surface area contributed by atoms with Gasteiger partial charge in [0.15, 0.2) is 0 Å². The Labute approximate surface area is 93.1 Å². The van der Waals surface area contributed by atoms with Gasteiger partial charge in [-0.25, -0.2) is 9.78 Å². The van der Waals surface area contributed by atoms with Crippen LogP contribution in [-0.2, 0) is 0 Å². The van der Waals surface area contributed by atoms with Gasteiger partial charge in [0, 0.05) is 12.0 Å². The Hall–Kier alpha value is -1.62. The number of nitrogens with one attached hydrogen (secondary N) is 1. The summed E-state index contributed by atoms with van der Waals surface area (Å²) in [4.78, 5) is 14.4. The summed E-state index contributed by atoms with van der Waals surface area (Å²) in [6, 6.07) is 3.15. The van der Waals surface area contributed by atoms with Crippen molar-refractivity contribution in [2.24, 2.45) is 5.41 Å². The summed E-state index contributed by atoms with van der Waals surface area (Å²) in [5.41, 5.74) is 0.851.